The number of aromatic nitrogens is 2. The number of benzene rings is 2. The van der Waals surface area contributed by atoms with Gasteiger partial charge in [0.05, 0.1) is 18.7 Å². The van der Waals surface area contributed by atoms with Crippen molar-refractivity contribution >= 4 is 23.3 Å². The van der Waals surface area contributed by atoms with Crippen molar-refractivity contribution in [2.24, 2.45) is 5.92 Å². The molecule has 32 heavy (non-hydrogen) atoms. The lowest BCUT2D eigenvalue weighted by Gasteiger charge is -2.33. The number of carbonyl (C=O) groups is 1. The van der Waals surface area contributed by atoms with Crippen LogP contribution < -0.4 is 20.5 Å². The average Bonchev–Trinajstić information content (AvgIpc) is 2.83. The van der Waals surface area contributed by atoms with Gasteiger partial charge < -0.3 is 15.0 Å². The van der Waals surface area contributed by atoms with E-state index in [1.807, 2.05) is 24.3 Å². The van der Waals surface area contributed by atoms with Crippen LogP contribution in [0.25, 0.3) is 5.69 Å². The number of nitrogens with one attached hydrogen (secondary N) is 1. The number of hydrogen-bond acceptors (Lipinski definition) is 5. The molecule has 2 heterocycles. The first-order valence-electron chi connectivity index (χ1n) is 10.6. The largest absolute Gasteiger partial charge is 0.497 e. The highest BCUT2D eigenvalue weighted by atomic mass is 35.5. The molecule has 1 fully saturated rings. The Morgan fingerprint density at radius 3 is 2.84 bits per heavy atom. The number of ether oxygens (including phenoxy) is 1. The van der Waals surface area contributed by atoms with E-state index < -0.39 is 0 Å². The van der Waals surface area contributed by atoms with Crippen molar-refractivity contribution in [2.45, 2.75) is 19.4 Å². The second-order valence-corrected chi connectivity index (χ2v) is 8.21. The highest BCUT2D eigenvalue weighted by Crippen LogP contribution is 2.22. The van der Waals surface area contributed by atoms with Crippen LogP contribution in [0.5, 0.6) is 5.75 Å². The molecule has 7 nitrogen and oxygen atoms in total. The molecule has 0 radical (unpaired) electrons. The minimum atomic E-state index is -0.236. The monoisotopic (exact) mass is 452 g/mol. The van der Waals surface area contributed by atoms with E-state index in [4.69, 9.17) is 16.3 Å². The third kappa shape index (κ3) is 5.11. The first-order valence-corrected chi connectivity index (χ1v) is 10.9. The number of carbonyl (C=O) groups excluding carboxylic acids is 1. The normalized spacial score (nSPS) is 15.9. The first-order chi connectivity index (χ1) is 15.5. The molecule has 1 amide bonds. The van der Waals surface area contributed by atoms with Crippen LogP contribution in [-0.4, -0.2) is 35.9 Å². The Bertz CT molecular complexity index is 1160. The molecule has 1 aliphatic heterocycles. The number of rotatable bonds is 6. The fourth-order valence-corrected chi connectivity index (χ4v) is 4.06. The molecule has 0 unspecified atom stereocenters. The summed E-state index contributed by atoms with van der Waals surface area (Å²) < 4.78 is 6.58. The van der Waals surface area contributed by atoms with Crippen molar-refractivity contribution < 1.29 is 9.53 Å². The lowest BCUT2D eigenvalue weighted by atomic mass is 9.97. The van der Waals surface area contributed by atoms with Gasteiger partial charge in [-0.15, -0.1) is 5.10 Å². The lowest BCUT2D eigenvalue weighted by Crippen LogP contribution is -2.43. The summed E-state index contributed by atoms with van der Waals surface area (Å²) in [5.74, 6) is 1.29. The summed E-state index contributed by atoms with van der Waals surface area (Å²) in [7, 11) is 1.62. The van der Waals surface area contributed by atoms with Gasteiger partial charge in [-0.3, -0.25) is 9.59 Å². The smallest absolute Gasteiger partial charge is 0.271 e. The Kier molecular flexibility index (Phi) is 6.75. The summed E-state index contributed by atoms with van der Waals surface area (Å²) in [5.41, 5.74) is 1.36. The van der Waals surface area contributed by atoms with Crippen molar-refractivity contribution in [3.8, 4) is 11.4 Å². The van der Waals surface area contributed by atoms with Crippen LogP contribution in [0.1, 0.15) is 18.4 Å². The summed E-state index contributed by atoms with van der Waals surface area (Å²) >= 11 is 6.08. The number of nitrogens with zero attached hydrogens (tertiary/aromatic N) is 3. The van der Waals surface area contributed by atoms with E-state index in [1.54, 1.807) is 37.4 Å². The molecule has 0 saturated carbocycles. The number of amides is 1. The molecule has 4 rings (SSSR count). The molecule has 2 aromatic carbocycles. The van der Waals surface area contributed by atoms with Crippen LogP contribution in [-0.2, 0) is 11.3 Å². The zero-order chi connectivity index (χ0) is 22.5. The summed E-state index contributed by atoms with van der Waals surface area (Å²) in [4.78, 5) is 27.2. The van der Waals surface area contributed by atoms with E-state index in [1.165, 1.54) is 10.7 Å². The van der Waals surface area contributed by atoms with Crippen LogP contribution >= 0.6 is 11.6 Å². The molecule has 0 aliphatic carbocycles. The maximum atomic E-state index is 12.8. The Morgan fingerprint density at radius 2 is 2.03 bits per heavy atom. The number of piperidine rings is 1. The van der Waals surface area contributed by atoms with Gasteiger partial charge in [0.2, 0.25) is 5.91 Å². The Hall–Kier alpha value is -3.32. The van der Waals surface area contributed by atoms with Crippen LogP contribution in [0.4, 0.5) is 5.82 Å². The average molecular weight is 453 g/mol. The summed E-state index contributed by atoms with van der Waals surface area (Å²) in [6, 6.07) is 17.9. The Labute approximate surface area is 191 Å². The quantitative estimate of drug-likeness (QED) is 0.620. The number of anilines is 1. The highest BCUT2D eigenvalue weighted by Gasteiger charge is 2.27. The zero-order valence-electron chi connectivity index (χ0n) is 17.8. The van der Waals surface area contributed by atoms with E-state index in [0.717, 1.165) is 30.7 Å². The van der Waals surface area contributed by atoms with Crippen molar-refractivity contribution in [3.05, 3.63) is 81.6 Å². The maximum absolute atomic E-state index is 12.8. The minimum absolute atomic E-state index is 0.0145. The van der Waals surface area contributed by atoms with Crippen molar-refractivity contribution in [2.75, 3.05) is 25.1 Å². The number of methoxy groups -OCH3 is 1. The first kappa shape index (κ1) is 21.9. The van der Waals surface area contributed by atoms with Crippen LogP contribution in [0.15, 0.2) is 65.5 Å². The molecule has 1 saturated heterocycles. The molecule has 8 heteroatoms. The Morgan fingerprint density at radius 1 is 1.19 bits per heavy atom. The molecule has 0 bridgehead atoms. The second kappa shape index (κ2) is 9.87. The Balaban J connectivity index is 1.45. The van der Waals surface area contributed by atoms with Gasteiger partial charge in [0.1, 0.15) is 11.6 Å². The summed E-state index contributed by atoms with van der Waals surface area (Å²) in [6.45, 7) is 1.77. The van der Waals surface area contributed by atoms with Gasteiger partial charge >= 0.3 is 0 Å². The minimum Gasteiger partial charge on any atom is -0.497 e. The molecule has 1 aromatic heterocycles. The van der Waals surface area contributed by atoms with Gasteiger partial charge in [0.25, 0.3) is 5.56 Å². The van der Waals surface area contributed by atoms with Crippen molar-refractivity contribution in [1.82, 2.24) is 15.1 Å². The van der Waals surface area contributed by atoms with E-state index in [-0.39, 0.29) is 17.4 Å². The molecular weight excluding hydrogens is 428 g/mol. The maximum Gasteiger partial charge on any atom is 0.271 e. The molecule has 1 atom stereocenters. The van der Waals surface area contributed by atoms with Crippen molar-refractivity contribution in [3.63, 3.8) is 0 Å². The highest BCUT2D eigenvalue weighted by molar-refractivity contribution is 6.30. The van der Waals surface area contributed by atoms with Crippen molar-refractivity contribution in [1.29, 1.82) is 0 Å². The summed E-state index contributed by atoms with van der Waals surface area (Å²) in [5, 5.41) is 8.11. The second-order valence-electron chi connectivity index (χ2n) is 7.78. The molecule has 3 aromatic rings. The number of hydrogen-bond donors (Lipinski definition) is 1. The predicted octanol–water partition coefficient (Wildman–Crippen LogP) is 3.43. The van der Waals surface area contributed by atoms with Gasteiger partial charge in [0, 0.05) is 30.7 Å². The third-order valence-corrected chi connectivity index (χ3v) is 5.79. The van der Waals surface area contributed by atoms with E-state index >= 15 is 0 Å². The van der Waals surface area contributed by atoms with Crippen LogP contribution in [0.3, 0.4) is 0 Å². The lowest BCUT2D eigenvalue weighted by molar-refractivity contribution is -0.125. The topological polar surface area (TPSA) is 76.5 Å². The van der Waals surface area contributed by atoms with Gasteiger partial charge in [0.15, 0.2) is 0 Å². The molecular formula is C24H25ClN4O3. The van der Waals surface area contributed by atoms with Gasteiger partial charge in [-0.2, -0.15) is 4.68 Å². The third-order valence-electron chi connectivity index (χ3n) is 5.56. The van der Waals surface area contributed by atoms with Gasteiger partial charge in [-0.25, -0.2) is 0 Å². The summed E-state index contributed by atoms with van der Waals surface area (Å²) in [6.07, 6.45) is 1.68. The SMILES string of the molecule is COc1cccc(CNC(=O)[C@H]2CCCN(c3ccc(=O)n(-c4cccc(Cl)c4)n3)C2)c1. The fraction of sp³-hybridized carbons (Fsp3) is 0.292. The van der Waals surface area contributed by atoms with Crippen LogP contribution in [0.2, 0.25) is 5.02 Å². The molecule has 166 valence electrons. The number of halogens is 1. The van der Waals surface area contributed by atoms with Crippen LogP contribution in [0, 0.1) is 5.92 Å². The van der Waals surface area contributed by atoms with Gasteiger partial charge in [-0.1, -0.05) is 29.8 Å². The molecule has 1 N–H and O–H groups in total. The zero-order valence-corrected chi connectivity index (χ0v) is 18.6. The van der Waals surface area contributed by atoms with E-state index in [9.17, 15) is 9.59 Å². The standard InChI is InChI=1S/C24H25ClN4O3/c1-32-21-9-2-5-17(13-21)15-26-24(31)18-6-4-12-28(16-18)22-10-11-23(30)29(27-22)20-8-3-7-19(25)14-20/h2-3,5,7-11,13-14,18H,4,6,12,15-16H2,1H3,(H,26,31)/t18-/m0/s1. The predicted molar refractivity (Wildman–Crippen MR) is 125 cm³/mol. The molecule has 0 spiro atoms. The molecule has 1 aliphatic rings. The van der Waals surface area contributed by atoms with E-state index in [2.05, 4.69) is 15.3 Å². The van der Waals surface area contributed by atoms with Gasteiger partial charge in [-0.05, 0) is 54.8 Å². The fourth-order valence-electron chi connectivity index (χ4n) is 3.88. The van der Waals surface area contributed by atoms with E-state index in [0.29, 0.717) is 29.6 Å².